The molecule has 1 fully saturated rings. The lowest BCUT2D eigenvalue weighted by molar-refractivity contribution is 0.631. The van der Waals surface area contributed by atoms with Gasteiger partial charge in [-0.2, -0.15) is 0 Å². The van der Waals surface area contributed by atoms with Crippen molar-refractivity contribution >= 4 is 29.9 Å². The minimum Gasteiger partial charge on any atom is -0.353 e. The van der Waals surface area contributed by atoms with Gasteiger partial charge in [0.1, 0.15) is 0 Å². The summed E-state index contributed by atoms with van der Waals surface area (Å²) in [5.74, 6) is 1.58. The number of nitrogens with zero attached hydrogens (tertiary/aromatic N) is 1. The van der Waals surface area contributed by atoms with E-state index < -0.39 is 0 Å². The van der Waals surface area contributed by atoms with Gasteiger partial charge in [0.15, 0.2) is 5.96 Å². The van der Waals surface area contributed by atoms with E-state index in [-0.39, 0.29) is 24.0 Å². The molecule has 0 aliphatic heterocycles. The van der Waals surface area contributed by atoms with Crippen molar-refractivity contribution in [1.82, 2.24) is 10.6 Å². The second-order valence-electron chi connectivity index (χ2n) is 5.36. The van der Waals surface area contributed by atoms with Crippen LogP contribution >= 0.6 is 24.0 Å². The number of benzene rings is 1. The van der Waals surface area contributed by atoms with Crippen molar-refractivity contribution in [3.8, 4) is 0 Å². The summed E-state index contributed by atoms with van der Waals surface area (Å²) in [4.78, 5) is 4.33. The van der Waals surface area contributed by atoms with Crippen LogP contribution in [0.15, 0.2) is 47.5 Å². The third kappa shape index (κ3) is 3.75. The van der Waals surface area contributed by atoms with Gasteiger partial charge in [0.25, 0.3) is 0 Å². The molecule has 2 unspecified atom stereocenters. The summed E-state index contributed by atoms with van der Waals surface area (Å²) in [7, 11) is 1.84. The molecular weight excluding hydrogens is 361 g/mol. The van der Waals surface area contributed by atoms with Gasteiger partial charge in [-0.25, -0.2) is 0 Å². The first kappa shape index (κ1) is 15.4. The molecule has 0 amide bonds. The first-order valence-electron chi connectivity index (χ1n) is 7.06. The molecule has 3 nitrogen and oxygen atoms in total. The molecule has 108 valence electrons. The summed E-state index contributed by atoms with van der Waals surface area (Å²) in [6.07, 6.45) is 7.87. The molecule has 2 aliphatic rings. The highest BCUT2D eigenvalue weighted by Gasteiger charge is 2.39. The highest BCUT2D eigenvalue weighted by Crippen LogP contribution is 2.40. The molecule has 2 N–H and O–H groups in total. The van der Waals surface area contributed by atoms with Crippen molar-refractivity contribution in [3.63, 3.8) is 0 Å². The van der Waals surface area contributed by atoms with Crippen molar-refractivity contribution in [3.05, 3.63) is 48.0 Å². The van der Waals surface area contributed by atoms with Gasteiger partial charge < -0.3 is 10.6 Å². The Hall–Kier alpha value is -1.04. The summed E-state index contributed by atoms with van der Waals surface area (Å²) in [5.41, 5.74) is 1.43. The molecule has 0 radical (unpaired) electrons. The highest BCUT2D eigenvalue weighted by atomic mass is 127. The maximum Gasteiger partial charge on any atom is 0.191 e. The molecule has 20 heavy (non-hydrogen) atoms. The molecule has 0 saturated heterocycles. The monoisotopic (exact) mass is 383 g/mol. The summed E-state index contributed by atoms with van der Waals surface area (Å²) < 4.78 is 0. The summed E-state index contributed by atoms with van der Waals surface area (Å²) in [6.45, 7) is 0. The Bertz CT molecular complexity index is 476. The molecule has 1 aromatic rings. The van der Waals surface area contributed by atoms with Crippen molar-refractivity contribution in [2.24, 2.45) is 4.99 Å². The summed E-state index contributed by atoms with van der Waals surface area (Å²) in [6, 6.07) is 11.8. The largest absolute Gasteiger partial charge is 0.353 e. The Morgan fingerprint density at radius 2 is 1.80 bits per heavy atom. The van der Waals surface area contributed by atoms with Gasteiger partial charge in [-0.15, -0.1) is 24.0 Å². The molecule has 1 saturated carbocycles. The minimum absolute atomic E-state index is 0. The molecule has 0 aromatic heterocycles. The smallest absolute Gasteiger partial charge is 0.191 e. The second-order valence-corrected chi connectivity index (χ2v) is 5.36. The number of guanidine groups is 1. The zero-order valence-corrected chi connectivity index (χ0v) is 14.1. The van der Waals surface area contributed by atoms with E-state index >= 15 is 0 Å². The van der Waals surface area contributed by atoms with Crippen LogP contribution in [0.25, 0.3) is 0 Å². The van der Waals surface area contributed by atoms with Gasteiger partial charge in [0.2, 0.25) is 0 Å². The van der Waals surface area contributed by atoms with Crippen molar-refractivity contribution in [2.45, 2.75) is 37.3 Å². The molecule has 1 aromatic carbocycles. The number of aliphatic imine (C=N–C) groups is 1. The Kier molecular flexibility index (Phi) is 5.46. The predicted molar refractivity (Wildman–Crippen MR) is 94.8 cm³/mol. The molecule has 3 rings (SSSR count). The Morgan fingerprint density at radius 1 is 1.10 bits per heavy atom. The quantitative estimate of drug-likeness (QED) is 0.364. The van der Waals surface area contributed by atoms with Gasteiger partial charge in [0.05, 0.1) is 0 Å². The molecule has 4 heteroatoms. The predicted octanol–water partition coefficient (Wildman–Crippen LogP) is 3.04. The normalized spacial score (nSPS) is 25.1. The van der Waals surface area contributed by atoms with Crippen LogP contribution in [0.2, 0.25) is 0 Å². The Morgan fingerprint density at radius 3 is 2.45 bits per heavy atom. The van der Waals surface area contributed by atoms with Crippen molar-refractivity contribution in [2.75, 3.05) is 7.05 Å². The average Bonchev–Trinajstić information content (AvgIpc) is 3.03. The zero-order valence-electron chi connectivity index (χ0n) is 11.8. The maximum absolute atomic E-state index is 4.33. The number of rotatable bonds is 3. The lowest BCUT2D eigenvalue weighted by atomic mass is 10.1. The highest BCUT2D eigenvalue weighted by molar-refractivity contribution is 14.0. The van der Waals surface area contributed by atoms with E-state index in [1.165, 1.54) is 12.0 Å². The van der Waals surface area contributed by atoms with Crippen LogP contribution in [0.3, 0.4) is 0 Å². The number of hydrogen-bond acceptors (Lipinski definition) is 1. The van der Waals surface area contributed by atoms with Crippen LogP contribution in [-0.4, -0.2) is 25.1 Å². The minimum atomic E-state index is 0. The first-order valence-corrected chi connectivity index (χ1v) is 7.06. The van der Waals surface area contributed by atoms with Crippen LogP contribution in [0.5, 0.6) is 0 Å². The van der Waals surface area contributed by atoms with E-state index in [0.29, 0.717) is 18.0 Å². The Balaban J connectivity index is 0.00000147. The molecule has 2 aliphatic carbocycles. The second kappa shape index (κ2) is 7.11. The van der Waals surface area contributed by atoms with Crippen LogP contribution in [-0.2, 0) is 0 Å². The van der Waals surface area contributed by atoms with E-state index in [2.05, 4.69) is 58.1 Å². The number of halogens is 1. The van der Waals surface area contributed by atoms with Crippen LogP contribution in [0.1, 0.15) is 30.7 Å². The fourth-order valence-corrected chi connectivity index (χ4v) is 2.70. The topological polar surface area (TPSA) is 36.4 Å². The average molecular weight is 383 g/mol. The van der Waals surface area contributed by atoms with E-state index in [1.54, 1.807) is 0 Å². The van der Waals surface area contributed by atoms with Gasteiger partial charge in [-0.3, -0.25) is 4.99 Å². The maximum atomic E-state index is 4.33. The van der Waals surface area contributed by atoms with Gasteiger partial charge in [0, 0.05) is 25.0 Å². The van der Waals surface area contributed by atoms with E-state index in [4.69, 9.17) is 0 Å². The molecule has 0 heterocycles. The van der Waals surface area contributed by atoms with Crippen LogP contribution in [0, 0.1) is 0 Å². The van der Waals surface area contributed by atoms with Gasteiger partial charge >= 0.3 is 0 Å². The van der Waals surface area contributed by atoms with Crippen LogP contribution < -0.4 is 10.6 Å². The third-order valence-electron chi connectivity index (χ3n) is 3.91. The lowest BCUT2D eigenvalue weighted by Gasteiger charge is -2.17. The zero-order chi connectivity index (χ0) is 13.1. The first-order chi connectivity index (χ1) is 9.36. The van der Waals surface area contributed by atoms with E-state index in [0.717, 1.165) is 18.8 Å². The van der Waals surface area contributed by atoms with Gasteiger partial charge in [-0.1, -0.05) is 42.5 Å². The van der Waals surface area contributed by atoms with Crippen molar-refractivity contribution < 1.29 is 0 Å². The van der Waals surface area contributed by atoms with Crippen LogP contribution in [0.4, 0.5) is 0 Å². The molecule has 0 bridgehead atoms. The summed E-state index contributed by atoms with van der Waals surface area (Å²) in [5, 5.41) is 7.01. The van der Waals surface area contributed by atoms with E-state index in [1.807, 2.05) is 7.05 Å². The fraction of sp³-hybridized carbons (Fsp3) is 0.438. The summed E-state index contributed by atoms with van der Waals surface area (Å²) >= 11 is 0. The van der Waals surface area contributed by atoms with E-state index in [9.17, 15) is 0 Å². The molecule has 2 atom stereocenters. The standard InChI is InChI=1S/C16H21N3.HI/c1-17-16(18-13-9-5-6-10-13)19-15-11-14(15)12-7-3-2-4-8-12;/h2-8,13-15H,9-11H2,1H3,(H2,17,18,19);1H. The number of nitrogens with one attached hydrogen (secondary N) is 2. The lowest BCUT2D eigenvalue weighted by Crippen LogP contribution is -2.43. The van der Waals surface area contributed by atoms with Crippen molar-refractivity contribution in [1.29, 1.82) is 0 Å². The molecular formula is C16H22IN3. The SMILES string of the molecule is CN=C(NC1CC=CC1)NC1CC1c1ccccc1.I. The number of hydrogen-bond donors (Lipinski definition) is 2. The molecule has 0 spiro atoms. The van der Waals surface area contributed by atoms with Gasteiger partial charge in [-0.05, 0) is 24.8 Å². The Labute approximate surface area is 138 Å². The third-order valence-corrected chi connectivity index (χ3v) is 3.91. The fourth-order valence-electron chi connectivity index (χ4n) is 2.70.